The number of aryl methyl sites for hydroxylation is 2. The number of rotatable bonds is 3. The molecule has 26 heavy (non-hydrogen) atoms. The van der Waals surface area contributed by atoms with Gasteiger partial charge in [-0.3, -0.25) is 4.68 Å². The van der Waals surface area contributed by atoms with Gasteiger partial charge in [-0.2, -0.15) is 35.9 Å². The predicted molar refractivity (Wildman–Crippen MR) is 93.5 cm³/mol. The van der Waals surface area contributed by atoms with Crippen molar-refractivity contribution >= 4 is 37.3 Å². The highest BCUT2D eigenvalue weighted by molar-refractivity contribution is 9.10. The lowest BCUT2D eigenvalue weighted by Gasteiger charge is -2.04. The third-order valence-corrected chi connectivity index (χ3v) is 8.04. The molecule has 0 bridgehead atoms. The molecule has 0 aromatic carbocycles. The third-order valence-electron chi connectivity index (χ3n) is 3.65. The Morgan fingerprint density at radius 1 is 1.19 bits per heavy atom. The Kier molecular flexibility index (Phi) is 4.56. The molecule has 3 heterocycles. The van der Waals surface area contributed by atoms with Gasteiger partial charge in [-0.1, -0.05) is 0 Å². The third kappa shape index (κ3) is 3.09. The average Bonchev–Trinajstić information content (AvgIpc) is 3.21. The van der Waals surface area contributed by atoms with E-state index in [0.29, 0.717) is 20.7 Å². The van der Waals surface area contributed by atoms with Crippen LogP contribution in [0.4, 0.5) is 13.2 Å². The van der Waals surface area contributed by atoms with Gasteiger partial charge in [0.25, 0.3) is 10.0 Å². The van der Waals surface area contributed by atoms with E-state index in [2.05, 4.69) is 26.1 Å². The van der Waals surface area contributed by atoms with Crippen molar-refractivity contribution < 1.29 is 21.6 Å². The zero-order chi connectivity index (χ0) is 19.4. The van der Waals surface area contributed by atoms with E-state index in [-0.39, 0.29) is 9.90 Å². The summed E-state index contributed by atoms with van der Waals surface area (Å²) in [6, 6.07) is 3.66. The van der Waals surface area contributed by atoms with Crippen molar-refractivity contribution in [2.45, 2.75) is 24.2 Å². The highest BCUT2D eigenvalue weighted by Crippen LogP contribution is 2.36. The van der Waals surface area contributed by atoms with Crippen molar-refractivity contribution in [1.29, 1.82) is 0 Å². The first-order chi connectivity index (χ1) is 11.9. The summed E-state index contributed by atoms with van der Waals surface area (Å²) >= 11 is 4.11. The maximum Gasteiger partial charge on any atom is 0.433 e. The lowest BCUT2D eigenvalue weighted by molar-refractivity contribution is -0.143. The minimum Gasteiger partial charge on any atom is -0.263 e. The molecule has 0 amide bonds. The summed E-state index contributed by atoms with van der Waals surface area (Å²) in [5.41, 5.74) is 0.0747. The number of hydrogen-bond donors (Lipinski definition) is 0. The van der Waals surface area contributed by atoms with Crippen molar-refractivity contribution in [3.63, 3.8) is 0 Å². The van der Waals surface area contributed by atoms with E-state index < -0.39 is 21.9 Å². The second-order valence-corrected chi connectivity index (χ2v) is 9.36. The Labute approximate surface area is 159 Å². The first-order valence-electron chi connectivity index (χ1n) is 7.11. The quantitative estimate of drug-likeness (QED) is 0.582. The molecule has 3 aromatic heterocycles. The summed E-state index contributed by atoms with van der Waals surface area (Å²) in [4.78, 5) is 0.315. The molecule has 12 heteroatoms. The van der Waals surface area contributed by atoms with E-state index in [1.807, 2.05) is 0 Å². The molecule has 6 nitrogen and oxygen atoms in total. The highest BCUT2D eigenvalue weighted by atomic mass is 79.9. The van der Waals surface area contributed by atoms with Crippen LogP contribution in [0.3, 0.4) is 0 Å². The topological polar surface area (TPSA) is 69.8 Å². The molecule has 3 rings (SSSR count). The molecule has 0 aliphatic carbocycles. The van der Waals surface area contributed by atoms with E-state index in [1.54, 1.807) is 13.8 Å². The predicted octanol–water partition coefficient (Wildman–Crippen LogP) is 3.98. The number of thiophene rings is 1. The SMILES string of the molecule is Cc1nn(S(=O)(=O)c2ccc(-c3cc(C(F)(F)F)n(C)n3)s2)c(C)c1Br. The van der Waals surface area contributed by atoms with E-state index in [0.717, 1.165) is 26.2 Å². The molecule has 0 atom stereocenters. The van der Waals surface area contributed by atoms with E-state index >= 15 is 0 Å². The van der Waals surface area contributed by atoms with Crippen molar-refractivity contribution in [1.82, 2.24) is 19.0 Å². The van der Waals surface area contributed by atoms with E-state index in [4.69, 9.17) is 0 Å². The normalized spacial score (nSPS) is 12.7. The fraction of sp³-hybridized carbons (Fsp3) is 0.286. The molecule has 140 valence electrons. The Morgan fingerprint density at radius 3 is 2.35 bits per heavy atom. The lowest BCUT2D eigenvalue weighted by atomic mass is 10.3. The van der Waals surface area contributed by atoms with Gasteiger partial charge in [0.05, 0.1) is 20.7 Å². The molecule has 0 N–H and O–H groups in total. The van der Waals surface area contributed by atoms with Gasteiger partial charge in [0.15, 0.2) is 0 Å². The van der Waals surface area contributed by atoms with Gasteiger partial charge in [-0.15, -0.1) is 11.3 Å². The number of halogens is 4. The summed E-state index contributed by atoms with van der Waals surface area (Å²) in [6.45, 7) is 3.26. The minimum absolute atomic E-state index is 0.0372. The van der Waals surface area contributed by atoms with E-state index in [9.17, 15) is 21.6 Å². The summed E-state index contributed by atoms with van der Waals surface area (Å²) in [5.74, 6) is 0. The summed E-state index contributed by atoms with van der Waals surface area (Å²) in [7, 11) is -2.77. The molecule has 0 spiro atoms. The second-order valence-electron chi connectivity index (χ2n) is 5.49. The Bertz CT molecular complexity index is 1100. The largest absolute Gasteiger partial charge is 0.433 e. The number of alkyl halides is 3. The number of nitrogens with zero attached hydrogens (tertiary/aromatic N) is 4. The van der Waals surface area contributed by atoms with Crippen LogP contribution in [0.15, 0.2) is 26.9 Å². The van der Waals surface area contributed by atoms with Gasteiger partial charge in [0.2, 0.25) is 0 Å². The standard InChI is InChI=1S/C14H12BrF3N4O2S2/c1-7-13(15)8(2)22(19-7)26(23,24)12-5-4-10(25-12)9-6-11(14(16,17)18)21(3)20-9/h4-6H,1-3H3. The summed E-state index contributed by atoms with van der Waals surface area (Å²) < 4.78 is 66.5. The Balaban J connectivity index is 2.04. The average molecular weight is 469 g/mol. The maximum atomic E-state index is 12.9. The van der Waals surface area contributed by atoms with Crippen molar-refractivity contribution in [2.75, 3.05) is 0 Å². The molecule has 0 unspecified atom stereocenters. The van der Waals surface area contributed by atoms with Crippen LogP contribution in [0.5, 0.6) is 0 Å². The van der Waals surface area contributed by atoms with Crippen molar-refractivity contribution in [2.24, 2.45) is 7.05 Å². The van der Waals surface area contributed by atoms with Crippen LogP contribution in [-0.2, 0) is 23.2 Å². The van der Waals surface area contributed by atoms with Gasteiger partial charge >= 0.3 is 6.18 Å². The molecule has 0 radical (unpaired) electrons. The lowest BCUT2D eigenvalue weighted by Crippen LogP contribution is -2.14. The monoisotopic (exact) mass is 468 g/mol. The van der Waals surface area contributed by atoms with Gasteiger partial charge in [0.1, 0.15) is 15.6 Å². The fourth-order valence-electron chi connectivity index (χ4n) is 2.37. The Morgan fingerprint density at radius 2 is 1.85 bits per heavy atom. The van der Waals surface area contributed by atoms with Crippen LogP contribution in [0, 0.1) is 13.8 Å². The van der Waals surface area contributed by atoms with Gasteiger partial charge in [-0.25, -0.2) is 0 Å². The molecule has 0 aliphatic rings. The first kappa shape index (κ1) is 19.1. The van der Waals surface area contributed by atoms with Crippen molar-refractivity contribution in [3.8, 4) is 10.6 Å². The summed E-state index contributed by atoms with van der Waals surface area (Å²) in [5, 5.41) is 7.84. The smallest absolute Gasteiger partial charge is 0.263 e. The highest BCUT2D eigenvalue weighted by Gasteiger charge is 2.35. The minimum atomic E-state index is -4.54. The van der Waals surface area contributed by atoms with Crippen molar-refractivity contribution in [3.05, 3.63) is 39.8 Å². The van der Waals surface area contributed by atoms with Gasteiger partial charge in [-0.05, 0) is 48.0 Å². The van der Waals surface area contributed by atoms with Crippen LogP contribution in [0.25, 0.3) is 10.6 Å². The van der Waals surface area contributed by atoms with E-state index in [1.165, 1.54) is 19.2 Å². The van der Waals surface area contributed by atoms with Crippen LogP contribution in [0.1, 0.15) is 17.1 Å². The zero-order valence-corrected chi connectivity index (χ0v) is 16.9. The fourth-order valence-corrected chi connectivity index (χ4v) is 5.42. The number of hydrogen-bond acceptors (Lipinski definition) is 5. The Hall–Kier alpha value is -1.66. The molecule has 0 saturated carbocycles. The zero-order valence-electron chi connectivity index (χ0n) is 13.7. The van der Waals surface area contributed by atoms with Gasteiger partial charge < -0.3 is 0 Å². The molecular formula is C14H12BrF3N4O2S2. The second kappa shape index (κ2) is 6.20. The van der Waals surface area contributed by atoms with Crippen LogP contribution in [0.2, 0.25) is 0 Å². The van der Waals surface area contributed by atoms with Crippen LogP contribution < -0.4 is 0 Å². The molecule has 3 aromatic rings. The molecule has 0 saturated heterocycles. The molecular weight excluding hydrogens is 457 g/mol. The maximum absolute atomic E-state index is 12.9. The number of aromatic nitrogens is 4. The first-order valence-corrected chi connectivity index (χ1v) is 10.2. The molecule has 0 fully saturated rings. The van der Waals surface area contributed by atoms with Gasteiger partial charge in [0, 0.05) is 7.05 Å². The molecule has 0 aliphatic heterocycles. The van der Waals surface area contributed by atoms with Crippen LogP contribution >= 0.6 is 27.3 Å². The summed E-state index contributed by atoms with van der Waals surface area (Å²) in [6.07, 6.45) is -4.54. The van der Waals surface area contributed by atoms with Crippen LogP contribution in [-0.4, -0.2) is 27.4 Å².